The van der Waals surface area contributed by atoms with Crippen LogP contribution in [0.25, 0.3) is 31.8 Å². The molecule has 1 aliphatic heterocycles. The molecule has 47 heavy (non-hydrogen) atoms. The van der Waals surface area contributed by atoms with E-state index in [2.05, 4.69) is 32.1 Å². The molecule has 0 amide bonds. The van der Waals surface area contributed by atoms with Crippen molar-refractivity contribution in [2.75, 3.05) is 51.7 Å². The fraction of sp³-hybridized carbons (Fsp3) is 0.286. The van der Waals surface area contributed by atoms with Crippen molar-refractivity contribution < 1.29 is 24.1 Å². The van der Waals surface area contributed by atoms with Crippen LogP contribution in [0.2, 0.25) is 5.02 Å². The normalized spacial score (nSPS) is 14.7. The lowest BCUT2D eigenvalue weighted by Crippen LogP contribution is -2.45. The SMILES string of the molecule is Cc1c(-c2c(-c3ccc(F)cc3)sc3ncnc(NC(Cc4ccccc4O)C(=O)O)c23)ccc(OCCN2CCN(C)CC2)c1Cl. The molecular formula is C35H35ClFN5O4S. The lowest BCUT2D eigenvalue weighted by molar-refractivity contribution is -0.137. The van der Waals surface area contributed by atoms with E-state index in [9.17, 15) is 19.4 Å². The van der Waals surface area contributed by atoms with Gasteiger partial charge in [-0.2, -0.15) is 0 Å². The van der Waals surface area contributed by atoms with Crippen LogP contribution in [-0.2, 0) is 11.2 Å². The van der Waals surface area contributed by atoms with Crippen LogP contribution in [0.15, 0.2) is 67.0 Å². The summed E-state index contributed by atoms with van der Waals surface area (Å²) in [5.41, 5.74) is 3.56. The number of piperazine rings is 1. The number of carbonyl (C=O) groups is 1. The number of carboxylic acid groups (broad SMARTS) is 1. The van der Waals surface area contributed by atoms with E-state index < -0.39 is 12.0 Å². The second-order valence-corrected chi connectivity index (χ2v) is 13.0. The van der Waals surface area contributed by atoms with Crippen LogP contribution in [-0.4, -0.2) is 88.4 Å². The number of ether oxygens (including phenoxy) is 1. The molecule has 12 heteroatoms. The van der Waals surface area contributed by atoms with Crippen molar-refractivity contribution in [1.29, 1.82) is 0 Å². The predicted octanol–water partition coefficient (Wildman–Crippen LogP) is 6.57. The monoisotopic (exact) mass is 675 g/mol. The number of thiophene rings is 1. The summed E-state index contributed by atoms with van der Waals surface area (Å²) in [6.07, 6.45) is 1.40. The number of rotatable bonds is 11. The van der Waals surface area contributed by atoms with Gasteiger partial charge in [0.15, 0.2) is 0 Å². The number of aromatic nitrogens is 2. The molecule has 244 valence electrons. The average Bonchev–Trinajstić information content (AvgIpc) is 3.45. The third-order valence-corrected chi connectivity index (χ3v) is 10.1. The van der Waals surface area contributed by atoms with Crippen LogP contribution < -0.4 is 10.1 Å². The third kappa shape index (κ3) is 7.18. The van der Waals surface area contributed by atoms with Crippen LogP contribution in [0.4, 0.5) is 10.2 Å². The number of carboxylic acids is 1. The molecule has 6 rings (SSSR count). The molecule has 1 unspecified atom stereocenters. The lowest BCUT2D eigenvalue weighted by atomic mass is 9.95. The highest BCUT2D eigenvalue weighted by molar-refractivity contribution is 7.22. The van der Waals surface area contributed by atoms with Crippen LogP contribution in [0.3, 0.4) is 0 Å². The number of phenols is 1. The molecule has 1 fully saturated rings. The van der Waals surface area contributed by atoms with Gasteiger partial charge in [0.1, 0.15) is 46.9 Å². The molecule has 2 aromatic heterocycles. The second kappa shape index (κ2) is 14.2. The van der Waals surface area contributed by atoms with Gasteiger partial charge in [-0.25, -0.2) is 19.2 Å². The van der Waals surface area contributed by atoms with Crippen molar-refractivity contribution in [2.45, 2.75) is 19.4 Å². The van der Waals surface area contributed by atoms with Crippen LogP contribution >= 0.6 is 22.9 Å². The van der Waals surface area contributed by atoms with E-state index >= 15 is 0 Å². The van der Waals surface area contributed by atoms with Gasteiger partial charge in [0.2, 0.25) is 0 Å². The highest BCUT2D eigenvalue weighted by atomic mass is 35.5. The fourth-order valence-corrected chi connectivity index (χ4v) is 7.15. The van der Waals surface area contributed by atoms with E-state index in [0.29, 0.717) is 39.0 Å². The van der Waals surface area contributed by atoms with Crippen molar-refractivity contribution in [3.8, 4) is 33.1 Å². The molecule has 0 radical (unpaired) electrons. The fourth-order valence-electron chi connectivity index (χ4n) is 5.77. The Labute approximate surface area is 281 Å². The number of phenolic OH excluding ortho intramolecular Hbond substituents is 1. The maximum absolute atomic E-state index is 14.0. The quantitative estimate of drug-likeness (QED) is 0.143. The van der Waals surface area contributed by atoms with Crippen LogP contribution in [0.1, 0.15) is 11.1 Å². The van der Waals surface area contributed by atoms with Gasteiger partial charge in [0.05, 0.1) is 10.4 Å². The molecule has 1 atom stereocenters. The Hall–Kier alpha value is -4.29. The van der Waals surface area contributed by atoms with Gasteiger partial charge in [0, 0.05) is 49.6 Å². The van der Waals surface area contributed by atoms with Gasteiger partial charge in [-0.15, -0.1) is 11.3 Å². The second-order valence-electron chi connectivity index (χ2n) is 11.6. The van der Waals surface area contributed by atoms with Crippen molar-refractivity contribution in [2.24, 2.45) is 0 Å². The van der Waals surface area contributed by atoms with Crippen molar-refractivity contribution in [3.05, 3.63) is 89.0 Å². The van der Waals surface area contributed by atoms with Crippen molar-refractivity contribution in [3.63, 3.8) is 0 Å². The zero-order valence-electron chi connectivity index (χ0n) is 26.0. The number of aromatic hydroxyl groups is 1. The Morgan fingerprint density at radius 3 is 2.55 bits per heavy atom. The van der Waals surface area contributed by atoms with Crippen LogP contribution in [0, 0.1) is 12.7 Å². The van der Waals surface area contributed by atoms with E-state index in [4.69, 9.17) is 16.3 Å². The molecule has 9 nitrogen and oxygen atoms in total. The Morgan fingerprint density at radius 1 is 1.09 bits per heavy atom. The van der Waals surface area contributed by atoms with E-state index in [1.807, 2.05) is 19.1 Å². The number of hydrogen-bond donors (Lipinski definition) is 3. The van der Waals surface area contributed by atoms with Gasteiger partial charge in [-0.05, 0) is 60.5 Å². The number of halogens is 2. The number of fused-ring (bicyclic) bond motifs is 1. The Morgan fingerprint density at radius 2 is 1.83 bits per heavy atom. The average molecular weight is 676 g/mol. The highest BCUT2D eigenvalue weighted by Gasteiger charge is 2.26. The molecule has 1 aliphatic rings. The predicted molar refractivity (Wildman–Crippen MR) is 184 cm³/mol. The van der Waals surface area contributed by atoms with Crippen molar-refractivity contribution in [1.82, 2.24) is 19.8 Å². The van der Waals surface area contributed by atoms with Gasteiger partial charge in [-0.1, -0.05) is 48.0 Å². The summed E-state index contributed by atoms with van der Waals surface area (Å²) < 4.78 is 20.1. The van der Waals surface area contributed by atoms with E-state index in [-0.39, 0.29) is 18.0 Å². The first kappa shape index (κ1) is 32.6. The van der Waals surface area contributed by atoms with Gasteiger partial charge < -0.3 is 25.2 Å². The summed E-state index contributed by atoms with van der Waals surface area (Å²) in [5, 5.41) is 24.7. The minimum atomic E-state index is -1.11. The summed E-state index contributed by atoms with van der Waals surface area (Å²) in [4.78, 5) is 27.6. The minimum Gasteiger partial charge on any atom is -0.508 e. The van der Waals surface area contributed by atoms with Gasteiger partial charge in [0.25, 0.3) is 0 Å². The number of nitrogens with zero attached hydrogens (tertiary/aromatic N) is 4. The van der Waals surface area contributed by atoms with Crippen LogP contribution in [0.5, 0.6) is 11.5 Å². The number of anilines is 1. The topological polar surface area (TPSA) is 111 Å². The summed E-state index contributed by atoms with van der Waals surface area (Å²) in [7, 11) is 2.13. The molecule has 0 bridgehead atoms. The number of hydrogen-bond acceptors (Lipinski definition) is 9. The summed E-state index contributed by atoms with van der Waals surface area (Å²) >= 11 is 8.36. The highest BCUT2D eigenvalue weighted by Crippen LogP contribution is 2.49. The molecule has 1 saturated heterocycles. The molecule has 0 spiro atoms. The Balaban J connectivity index is 1.39. The number of likely N-dealkylation sites (N-methyl/N-ethyl adjacent to an activating group) is 1. The van der Waals surface area contributed by atoms with E-state index in [1.54, 1.807) is 30.3 Å². The molecule has 3 N–H and O–H groups in total. The van der Waals surface area contributed by atoms with Gasteiger partial charge in [-0.3, -0.25) is 4.90 Å². The number of para-hydroxylation sites is 1. The molecule has 0 saturated carbocycles. The number of aliphatic carboxylic acids is 1. The van der Waals surface area contributed by atoms with Gasteiger partial charge >= 0.3 is 5.97 Å². The smallest absolute Gasteiger partial charge is 0.326 e. The van der Waals surface area contributed by atoms with E-state index in [1.165, 1.54) is 35.9 Å². The number of benzene rings is 3. The molecule has 0 aliphatic carbocycles. The molecule has 3 heterocycles. The largest absolute Gasteiger partial charge is 0.508 e. The Kier molecular flexibility index (Phi) is 9.88. The third-order valence-electron chi connectivity index (χ3n) is 8.50. The molecule has 5 aromatic rings. The summed E-state index contributed by atoms with van der Waals surface area (Å²) in [6.45, 7) is 7.27. The molecular weight excluding hydrogens is 641 g/mol. The first-order chi connectivity index (χ1) is 22.7. The minimum absolute atomic E-state index is 0.0133. The zero-order chi connectivity index (χ0) is 33.1. The van der Waals surface area contributed by atoms with Crippen molar-refractivity contribution >= 4 is 44.9 Å². The maximum atomic E-state index is 14.0. The first-order valence-electron chi connectivity index (χ1n) is 15.3. The first-order valence-corrected chi connectivity index (χ1v) is 16.5. The maximum Gasteiger partial charge on any atom is 0.326 e. The lowest BCUT2D eigenvalue weighted by Gasteiger charge is -2.32. The van der Waals surface area contributed by atoms with E-state index in [0.717, 1.165) is 59.9 Å². The standard InChI is InChI=1S/C35H35ClFN5O4S/c1-21-25(11-12-28(31(21)36)46-18-17-42-15-13-41(2)14-16-42)29-30-33(40-26(35(44)45)19-23-5-3-4-6-27(23)43)38-20-39-34(30)47-32(29)22-7-9-24(37)10-8-22/h3-12,20,26,43H,13-19H2,1-2H3,(H,44,45)(H,38,39,40). The Bertz CT molecular complexity index is 1900. The number of nitrogens with one attached hydrogen (secondary N) is 1. The summed E-state index contributed by atoms with van der Waals surface area (Å²) in [5.74, 6) is -0.551. The summed E-state index contributed by atoms with van der Waals surface area (Å²) in [6, 6.07) is 15.5. The zero-order valence-corrected chi connectivity index (χ0v) is 27.6. The molecule has 3 aromatic carbocycles.